The van der Waals surface area contributed by atoms with Gasteiger partial charge >= 0.3 is 0 Å². The van der Waals surface area contributed by atoms with Crippen molar-refractivity contribution in [2.24, 2.45) is 11.7 Å². The monoisotopic (exact) mass is 153 g/mol. The van der Waals surface area contributed by atoms with Crippen molar-refractivity contribution >= 4 is 0 Å². The van der Waals surface area contributed by atoms with Crippen molar-refractivity contribution in [2.75, 3.05) is 0 Å². The van der Waals surface area contributed by atoms with Gasteiger partial charge in [-0.2, -0.15) is 0 Å². The summed E-state index contributed by atoms with van der Waals surface area (Å²) in [5, 5.41) is 0. The number of nitrogens with two attached hydrogens (primary N) is 1. The Morgan fingerprint density at radius 1 is 1.45 bits per heavy atom. The second kappa shape index (κ2) is 3.91. The van der Waals surface area contributed by atoms with Gasteiger partial charge in [-0.15, -0.1) is 0 Å². The van der Waals surface area contributed by atoms with Crippen LogP contribution in [0.5, 0.6) is 0 Å². The van der Waals surface area contributed by atoms with E-state index >= 15 is 0 Å². The Kier molecular flexibility index (Phi) is 3.13. The lowest BCUT2D eigenvalue weighted by atomic mass is 9.89. The number of hydrogen-bond acceptors (Lipinski definition) is 1. The Bertz CT molecular complexity index is 147. The molecule has 0 aromatic heterocycles. The minimum atomic E-state index is 0.367. The van der Waals surface area contributed by atoms with Crippen LogP contribution in [-0.2, 0) is 0 Å². The highest BCUT2D eigenvalue weighted by Crippen LogP contribution is 2.23. The summed E-state index contributed by atoms with van der Waals surface area (Å²) in [6.07, 6.45) is 7.42. The topological polar surface area (TPSA) is 26.0 Å². The zero-order chi connectivity index (χ0) is 8.27. The molecule has 11 heavy (non-hydrogen) atoms. The lowest BCUT2D eigenvalue weighted by Crippen LogP contribution is -2.25. The van der Waals surface area contributed by atoms with Crippen LogP contribution in [0, 0.1) is 5.92 Å². The van der Waals surface area contributed by atoms with Gasteiger partial charge in [0, 0.05) is 6.04 Å². The van der Waals surface area contributed by atoms with Crippen molar-refractivity contribution in [2.45, 2.75) is 45.6 Å². The van der Waals surface area contributed by atoms with Gasteiger partial charge in [0.05, 0.1) is 0 Å². The van der Waals surface area contributed by atoms with Crippen molar-refractivity contribution in [1.29, 1.82) is 0 Å². The first-order valence-corrected chi connectivity index (χ1v) is 4.66. The third-order valence-corrected chi connectivity index (χ3v) is 2.25. The molecule has 1 atom stereocenters. The zero-order valence-corrected chi connectivity index (χ0v) is 7.64. The molecule has 0 saturated heterocycles. The van der Waals surface area contributed by atoms with Crippen LogP contribution >= 0.6 is 0 Å². The molecule has 0 aromatic carbocycles. The van der Waals surface area contributed by atoms with E-state index < -0.39 is 0 Å². The van der Waals surface area contributed by atoms with Crippen LogP contribution in [0.25, 0.3) is 0 Å². The average molecular weight is 153 g/mol. The normalized spacial score (nSPS) is 29.8. The lowest BCUT2D eigenvalue weighted by molar-refractivity contribution is 0.530. The van der Waals surface area contributed by atoms with Crippen molar-refractivity contribution in [3.05, 3.63) is 11.6 Å². The van der Waals surface area contributed by atoms with Gasteiger partial charge in [0.25, 0.3) is 0 Å². The van der Waals surface area contributed by atoms with E-state index in [1.807, 2.05) is 0 Å². The fraction of sp³-hybridized carbons (Fsp3) is 0.800. The van der Waals surface area contributed by atoms with E-state index in [1.54, 1.807) is 0 Å². The minimum Gasteiger partial charge on any atom is -0.324 e. The molecule has 0 radical (unpaired) electrons. The quantitative estimate of drug-likeness (QED) is 0.575. The van der Waals surface area contributed by atoms with E-state index in [0.717, 1.165) is 0 Å². The van der Waals surface area contributed by atoms with Crippen LogP contribution in [0.1, 0.15) is 39.5 Å². The molecular weight excluding hydrogens is 134 g/mol. The van der Waals surface area contributed by atoms with Crippen molar-refractivity contribution in [3.63, 3.8) is 0 Å². The number of allylic oxidation sites excluding steroid dienone is 1. The Morgan fingerprint density at radius 2 is 2.18 bits per heavy atom. The van der Waals surface area contributed by atoms with Gasteiger partial charge in [0.2, 0.25) is 0 Å². The van der Waals surface area contributed by atoms with Gasteiger partial charge < -0.3 is 5.73 Å². The molecule has 1 rings (SSSR count). The van der Waals surface area contributed by atoms with E-state index in [0.29, 0.717) is 12.0 Å². The molecule has 2 N–H and O–H groups in total. The molecule has 1 aliphatic carbocycles. The SMILES string of the molecule is CC(C)/C=C1\CCCCC1N. The molecule has 1 fully saturated rings. The fourth-order valence-electron chi connectivity index (χ4n) is 1.70. The highest BCUT2D eigenvalue weighted by atomic mass is 14.6. The molecule has 1 unspecified atom stereocenters. The number of hydrogen-bond donors (Lipinski definition) is 1. The summed E-state index contributed by atoms with van der Waals surface area (Å²) < 4.78 is 0. The predicted octanol–water partition coefficient (Wildman–Crippen LogP) is 2.47. The zero-order valence-electron chi connectivity index (χ0n) is 7.64. The maximum Gasteiger partial charge on any atom is 0.0253 e. The minimum absolute atomic E-state index is 0.367. The second-order valence-corrected chi connectivity index (χ2v) is 3.84. The average Bonchev–Trinajstić information content (AvgIpc) is 1.93. The van der Waals surface area contributed by atoms with Crippen molar-refractivity contribution in [1.82, 2.24) is 0 Å². The first-order chi connectivity index (χ1) is 5.20. The molecule has 0 aromatic rings. The molecule has 0 aliphatic heterocycles. The molecule has 1 nitrogen and oxygen atoms in total. The summed E-state index contributed by atoms with van der Waals surface area (Å²) >= 11 is 0. The molecule has 0 amide bonds. The molecule has 0 heterocycles. The van der Waals surface area contributed by atoms with Crippen LogP contribution in [-0.4, -0.2) is 6.04 Å². The Balaban J connectivity index is 2.53. The van der Waals surface area contributed by atoms with Crippen LogP contribution < -0.4 is 5.73 Å². The van der Waals surface area contributed by atoms with E-state index in [2.05, 4.69) is 19.9 Å². The van der Waals surface area contributed by atoms with Crippen LogP contribution in [0.15, 0.2) is 11.6 Å². The van der Waals surface area contributed by atoms with Crippen LogP contribution in [0.3, 0.4) is 0 Å². The third kappa shape index (κ3) is 2.66. The van der Waals surface area contributed by atoms with Crippen LogP contribution in [0.2, 0.25) is 0 Å². The smallest absolute Gasteiger partial charge is 0.0253 e. The summed E-state index contributed by atoms with van der Waals surface area (Å²) in [6.45, 7) is 4.43. The van der Waals surface area contributed by atoms with E-state index in [1.165, 1.54) is 31.3 Å². The van der Waals surface area contributed by atoms with Gasteiger partial charge in [0.1, 0.15) is 0 Å². The van der Waals surface area contributed by atoms with Gasteiger partial charge in [-0.05, 0) is 25.2 Å². The summed E-state index contributed by atoms with van der Waals surface area (Å²) in [5.74, 6) is 0.661. The molecule has 1 heteroatoms. The first kappa shape index (κ1) is 8.79. The standard InChI is InChI=1S/C10H19N/c1-8(2)7-9-5-3-4-6-10(9)11/h7-8,10H,3-6,11H2,1-2H3/b9-7+. The van der Waals surface area contributed by atoms with E-state index in [4.69, 9.17) is 5.73 Å². The third-order valence-electron chi connectivity index (χ3n) is 2.25. The van der Waals surface area contributed by atoms with Gasteiger partial charge in [-0.3, -0.25) is 0 Å². The van der Waals surface area contributed by atoms with E-state index in [-0.39, 0.29) is 0 Å². The Morgan fingerprint density at radius 3 is 2.73 bits per heavy atom. The largest absolute Gasteiger partial charge is 0.324 e. The molecule has 0 bridgehead atoms. The van der Waals surface area contributed by atoms with Gasteiger partial charge in [-0.1, -0.05) is 31.9 Å². The van der Waals surface area contributed by atoms with Gasteiger partial charge in [-0.25, -0.2) is 0 Å². The molecular formula is C10H19N. The Labute approximate surface area is 69.7 Å². The maximum atomic E-state index is 5.96. The highest BCUT2D eigenvalue weighted by molar-refractivity contribution is 5.12. The summed E-state index contributed by atoms with van der Waals surface area (Å²) in [5.41, 5.74) is 7.45. The van der Waals surface area contributed by atoms with E-state index in [9.17, 15) is 0 Å². The molecule has 1 saturated carbocycles. The van der Waals surface area contributed by atoms with Crippen LogP contribution in [0.4, 0.5) is 0 Å². The summed E-state index contributed by atoms with van der Waals surface area (Å²) in [4.78, 5) is 0. The fourth-order valence-corrected chi connectivity index (χ4v) is 1.70. The number of rotatable bonds is 1. The van der Waals surface area contributed by atoms with Crippen molar-refractivity contribution < 1.29 is 0 Å². The highest BCUT2D eigenvalue weighted by Gasteiger charge is 2.13. The van der Waals surface area contributed by atoms with Gasteiger partial charge in [0.15, 0.2) is 0 Å². The van der Waals surface area contributed by atoms with Crippen molar-refractivity contribution in [3.8, 4) is 0 Å². The molecule has 0 spiro atoms. The summed E-state index contributed by atoms with van der Waals surface area (Å²) in [6, 6.07) is 0.367. The maximum absolute atomic E-state index is 5.96. The molecule has 1 aliphatic rings. The Hall–Kier alpha value is -0.300. The second-order valence-electron chi connectivity index (χ2n) is 3.84. The lowest BCUT2D eigenvalue weighted by Gasteiger charge is -2.22. The predicted molar refractivity (Wildman–Crippen MR) is 49.4 cm³/mol. The summed E-state index contributed by atoms with van der Waals surface area (Å²) in [7, 11) is 0. The molecule has 64 valence electrons. The first-order valence-electron chi connectivity index (χ1n) is 4.66.